The highest BCUT2D eigenvalue weighted by molar-refractivity contribution is 5.98. The number of alkyl halides is 2. The topological polar surface area (TPSA) is 93.7 Å². The first-order valence-electron chi connectivity index (χ1n) is 8.36. The van der Waals surface area contributed by atoms with E-state index in [1.807, 2.05) is 0 Å². The molecule has 0 saturated heterocycles. The molecule has 1 heterocycles. The number of carbonyl (C=O) groups is 3. The number of halogens is 2. The predicted octanol–water partition coefficient (Wildman–Crippen LogP) is 2.97. The average molecular weight is 390 g/mol. The lowest BCUT2D eigenvalue weighted by Crippen LogP contribution is -2.22. The minimum absolute atomic E-state index is 0.0355. The van der Waals surface area contributed by atoms with Crippen LogP contribution in [0.1, 0.15) is 22.3 Å². The maximum Gasteiger partial charge on any atom is 0.387 e. The Morgan fingerprint density at radius 2 is 1.93 bits per heavy atom. The Bertz CT molecular complexity index is 917. The minimum Gasteiger partial charge on any atom is -0.452 e. The van der Waals surface area contributed by atoms with Gasteiger partial charge in [-0.2, -0.15) is 8.78 Å². The molecule has 0 aromatic heterocycles. The third kappa shape index (κ3) is 4.81. The fourth-order valence-electron chi connectivity index (χ4n) is 2.68. The molecular formula is C19H16F2N2O5. The van der Waals surface area contributed by atoms with E-state index in [9.17, 15) is 23.2 Å². The first kappa shape index (κ1) is 19.3. The molecule has 0 spiro atoms. The summed E-state index contributed by atoms with van der Waals surface area (Å²) in [6.07, 6.45) is 0.831. The molecule has 9 heteroatoms. The van der Waals surface area contributed by atoms with Gasteiger partial charge in [-0.1, -0.05) is 12.1 Å². The lowest BCUT2D eigenvalue weighted by Gasteiger charge is -2.17. The van der Waals surface area contributed by atoms with Gasteiger partial charge in [-0.25, -0.2) is 4.79 Å². The van der Waals surface area contributed by atoms with Gasteiger partial charge in [-0.15, -0.1) is 0 Å². The molecule has 146 valence electrons. The van der Waals surface area contributed by atoms with Crippen LogP contribution in [0.5, 0.6) is 5.75 Å². The van der Waals surface area contributed by atoms with Crippen LogP contribution < -0.4 is 15.4 Å². The number of rotatable bonds is 6. The summed E-state index contributed by atoms with van der Waals surface area (Å²) in [7, 11) is 0. The fourth-order valence-corrected chi connectivity index (χ4v) is 2.68. The Morgan fingerprint density at radius 1 is 1.14 bits per heavy atom. The van der Waals surface area contributed by atoms with E-state index in [2.05, 4.69) is 15.4 Å². The van der Waals surface area contributed by atoms with Gasteiger partial charge in [0.1, 0.15) is 5.75 Å². The number of esters is 1. The summed E-state index contributed by atoms with van der Waals surface area (Å²) >= 11 is 0. The zero-order valence-corrected chi connectivity index (χ0v) is 14.5. The smallest absolute Gasteiger partial charge is 0.387 e. The summed E-state index contributed by atoms with van der Waals surface area (Å²) in [4.78, 5) is 35.5. The van der Waals surface area contributed by atoms with E-state index in [1.54, 1.807) is 12.1 Å². The molecule has 0 unspecified atom stereocenters. The van der Waals surface area contributed by atoms with Gasteiger partial charge in [0.2, 0.25) is 5.91 Å². The molecule has 1 aliphatic rings. The van der Waals surface area contributed by atoms with E-state index in [1.165, 1.54) is 30.3 Å². The van der Waals surface area contributed by atoms with Crippen molar-refractivity contribution >= 4 is 29.2 Å². The standard InChI is InChI=1S/C19H16F2N2O5/c20-19(21)28-15-4-2-1-3-14(15)23-17(25)10-27-18(26)12-5-7-13-11(9-12)6-8-16(24)22-13/h1-5,7,9,19H,6,8,10H2,(H,22,24)(H,23,25). The molecule has 1 aliphatic heterocycles. The average Bonchev–Trinajstić information content (AvgIpc) is 2.67. The Morgan fingerprint density at radius 3 is 2.71 bits per heavy atom. The van der Waals surface area contributed by atoms with Crippen LogP contribution in [0.25, 0.3) is 0 Å². The van der Waals surface area contributed by atoms with Crippen LogP contribution >= 0.6 is 0 Å². The zero-order chi connectivity index (χ0) is 20.1. The second-order valence-electron chi connectivity index (χ2n) is 5.92. The number of aryl methyl sites for hydroxylation is 1. The number of hydrogen-bond acceptors (Lipinski definition) is 5. The SMILES string of the molecule is O=C1CCc2cc(C(=O)OCC(=O)Nc3ccccc3OC(F)F)ccc2N1. The van der Waals surface area contributed by atoms with Crippen molar-refractivity contribution in [1.29, 1.82) is 0 Å². The van der Waals surface area contributed by atoms with Gasteiger partial charge >= 0.3 is 12.6 Å². The molecule has 28 heavy (non-hydrogen) atoms. The largest absolute Gasteiger partial charge is 0.452 e. The van der Waals surface area contributed by atoms with Crippen LogP contribution in [0.4, 0.5) is 20.2 Å². The van der Waals surface area contributed by atoms with Gasteiger partial charge in [0.15, 0.2) is 6.61 Å². The highest BCUT2D eigenvalue weighted by Crippen LogP contribution is 2.26. The quantitative estimate of drug-likeness (QED) is 0.740. The molecule has 2 amide bonds. The number of nitrogens with one attached hydrogen (secondary N) is 2. The third-order valence-electron chi connectivity index (χ3n) is 3.95. The highest BCUT2D eigenvalue weighted by atomic mass is 19.3. The minimum atomic E-state index is -3.04. The Labute approximate surface area is 158 Å². The maximum atomic E-state index is 12.4. The van der Waals surface area contributed by atoms with Crippen LogP contribution in [0.15, 0.2) is 42.5 Å². The molecule has 7 nitrogen and oxygen atoms in total. The van der Waals surface area contributed by atoms with Gasteiger partial charge in [0.05, 0.1) is 11.3 Å². The molecule has 0 fully saturated rings. The van der Waals surface area contributed by atoms with Crippen molar-refractivity contribution in [3.63, 3.8) is 0 Å². The summed E-state index contributed by atoms with van der Waals surface area (Å²) in [5, 5.41) is 5.06. The number of para-hydroxylation sites is 2. The van der Waals surface area contributed by atoms with Gasteiger partial charge in [-0.3, -0.25) is 9.59 Å². The van der Waals surface area contributed by atoms with Crippen molar-refractivity contribution < 1.29 is 32.6 Å². The zero-order valence-electron chi connectivity index (χ0n) is 14.5. The third-order valence-corrected chi connectivity index (χ3v) is 3.95. The van der Waals surface area contributed by atoms with Gasteiger partial charge in [0.25, 0.3) is 5.91 Å². The molecule has 2 aromatic carbocycles. The van der Waals surface area contributed by atoms with E-state index in [0.29, 0.717) is 18.5 Å². The highest BCUT2D eigenvalue weighted by Gasteiger charge is 2.18. The summed E-state index contributed by atoms with van der Waals surface area (Å²) < 4.78 is 34.1. The normalized spacial score (nSPS) is 12.8. The lowest BCUT2D eigenvalue weighted by atomic mass is 10.0. The van der Waals surface area contributed by atoms with Crippen molar-refractivity contribution in [3.05, 3.63) is 53.6 Å². The number of carbonyl (C=O) groups excluding carboxylic acids is 3. The molecule has 0 radical (unpaired) electrons. The van der Waals surface area contributed by atoms with E-state index in [0.717, 1.165) is 5.56 Å². The van der Waals surface area contributed by atoms with E-state index in [-0.39, 0.29) is 22.9 Å². The molecular weight excluding hydrogens is 374 g/mol. The van der Waals surface area contributed by atoms with Gasteiger partial charge in [0, 0.05) is 12.1 Å². The maximum absolute atomic E-state index is 12.4. The van der Waals surface area contributed by atoms with Gasteiger partial charge in [-0.05, 0) is 42.3 Å². The summed E-state index contributed by atoms with van der Waals surface area (Å²) in [5.74, 6) is -1.71. The van der Waals surface area contributed by atoms with Crippen LogP contribution in [0.2, 0.25) is 0 Å². The number of amides is 2. The molecule has 2 N–H and O–H groups in total. The Kier molecular flexibility index (Phi) is 5.83. The van der Waals surface area contributed by atoms with Crippen LogP contribution in [-0.2, 0) is 20.7 Å². The second-order valence-corrected chi connectivity index (χ2v) is 5.92. The number of fused-ring (bicyclic) bond motifs is 1. The number of ether oxygens (including phenoxy) is 2. The van der Waals surface area contributed by atoms with E-state index in [4.69, 9.17) is 4.74 Å². The number of hydrogen-bond donors (Lipinski definition) is 2. The lowest BCUT2D eigenvalue weighted by molar-refractivity contribution is -0.119. The number of anilines is 2. The second kappa shape index (κ2) is 8.47. The van der Waals surface area contributed by atoms with Crippen LogP contribution in [-0.4, -0.2) is 31.0 Å². The fraction of sp³-hybridized carbons (Fsp3) is 0.211. The van der Waals surface area contributed by atoms with Crippen molar-refractivity contribution in [3.8, 4) is 5.75 Å². The molecule has 0 atom stereocenters. The van der Waals surface area contributed by atoms with Crippen molar-refractivity contribution in [1.82, 2.24) is 0 Å². The van der Waals surface area contributed by atoms with Crippen molar-refractivity contribution in [2.24, 2.45) is 0 Å². The van der Waals surface area contributed by atoms with Crippen molar-refractivity contribution in [2.45, 2.75) is 19.5 Å². The molecule has 0 aliphatic carbocycles. The molecule has 3 rings (SSSR count). The molecule has 2 aromatic rings. The van der Waals surface area contributed by atoms with E-state index < -0.39 is 25.1 Å². The van der Waals surface area contributed by atoms with E-state index >= 15 is 0 Å². The summed E-state index contributed by atoms with van der Waals surface area (Å²) in [5.41, 5.74) is 1.72. The first-order valence-corrected chi connectivity index (χ1v) is 8.36. The van der Waals surface area contributed by atoms with Crippen LogP contribution in [0, 0.1) is 0 Å². The summed E-state index contributed by atoms with van der Waals surface area (Å²) in [6.45, 7) is -3.64. The molecule has 0 saturated carbocycles. The Balaban J connectivity index is 1.58. The monoisotopic (exact) mass is 390 g/mol. The molecule has 0 bridgehead atoms. The van der Waals surface area contributed by atoms with Gasteiger partial charge < -0.3 is 20.1 Å². The first-order chi connectivity index (χ1) is 13.4. The summed E-state index contributed by atoms with van der Waals surface area (Å²) in [6, 6.07) is 10.4. The van der Waals surface area contributed by atoms with Crippen molar-refractivity contribution in [2.75, 3.05) is 17.2 Å². The predicted molar refractivity (Wildman–Crippen MR) is 95.4 cm³/mol. The van der Waals surface area contributed by atoms with Crippen LogP contribution in [0.3, 0.4) is 0 Å². The number of benzene rings is 2. The Hall–Kier alpha value is -3.49.